The van der Waals surface area contributed by atoms with Gasteiger partial charge in [-0.1, -0.05) is 30.3 Å². The zero-order chi connectivity index (χ0) is 24.8. The van der Waals surface area contributed by atoms with Crippen LogP contribution in [0.4, 0.5) is 22.0 Å². The topological polar surface area (TPSA) is 12.5 Å². The molecule has 3 aromatic rings. The Bertz CT molecular complexity index is 1030. The third-order valence-electron chi connectivity index (χ3n) is 6.61. The molecule has 0 aliphatic carbocycles. The van der Waals surface area contributed by atoms with Crippen LogP contribution in [-0.4, -0.2) is 31.1 Å². The van der Waals surface area contributed by atoms with E-state index in [0.29, 0.717) is 18.9 Å². The van der Waals surface area contributed by atoms with Gasteiger partial charge >= 0.3 is 6.18 Å². The molecule has 3 aromatic carbocycles. The highest BCUT2D eigenvalue weighted by Gasteiger charge is 2.31. The molecule has 1 saturated heterocycles. The molecule has 186 valence electrons. The molecule has 2 nitrogen and oxygen atoms in total. The first-order valence-electron chi connectivity index (χ1n) is 11.8. The minimum atomic E-state index is -4.39. The molecule has 1 aliphatic heterocycles. The molecule has 0 bridgehead atoms. The molecule has 0 unspecified atom stereocenters. The minimum absolute atomic E-state index is 0.0580. The minimum Gasteiger partial charge on any atom is -0.494 e. The fourth-order valence-corrected chi connectivity index (χ4v) is 4.83. The van der Waals surface area contributed by atoms with Crippen LogP contribution in [0.2, 0.25) is 0 Å². The predicted molar refractivity (Wildman–Crippen MR) is 125 cm³/mol. The SMILES string of the molecule is Fc1ccc(C(c2ccc(F)cc2)C2CCN(CCCOc3cccc(C(F)(F)F)c3)CC2)cc1. The molecule has 0 spiro atoms. The number of hydrogen-bond acceptors (Lipinski definition) is 2. The highest BCUT2D eigenvalue weighted by molar-refractivity contribution is 5.34. The first-order chi connectivity index (χ1) is 16.8. The van der Waals surface area contributed by atoms with Crippen LogP contribution in [0.3, 0.4) is 0 Å². The number of alkyl halides is 3. The third-order valence-corrected chi connectivity index (χ3v) is 6.61. The van der Waals surface area contributed by atoms with Gasteiger partial charge in [0, 0.05) is 12.5 Å². The third kappa shape index (κ3) is 6.82. The summed E-state index contributed by atoms with van der Waals surface area (Å²) in [5, 5.41) is 0. The molecule has 7 heteroatoms. The monoisotopic (exact) mass is 489 g/mol. The first-order valence-corrected chi connectivity index (χ1v) is 11.8. The van der Waals surface area contributed by atoms with Gasteiger partial charge in [-0.25, -0.2) is 8.78 Å². The average Bonchev–Trinajstić information content (AvgIpc) is 2.85. The Labute approximate surface area is 202 Å². The second-order valence-electron chi connectivity index (χ2n) is 8.99. The largest absolute Gasteiger partial charge is 0.494 e. The van der Waals surface area contributed by atoms with E-state index in [1.807, 2.05) is 0 Å². The number of benzene rings is 3. The lowest BCUT2D eigenvalue weighted by molar-refractivity contribution is -0.137. The molecule has 1 heterocycles. The van der Waals surface area contributed by atoms with E-state index in [4.69, 9.17) is 4.74 Å². The molecule has 1 fully saturated rings. The van der Waals surface area contributed by atoms with Gasteiger partial charge in [0.1, 0.15) is 17.4 Å². The summed E-state index contributed by atoms with van der Waals surface area (Å²) in [6.45, 7) is 2.90. The Morgan fingerprint density at radius 2 is 1.40 bits per heavy atom. The highest BCUT2D eigenvalue weighted by Crippen LogP contribution is 2.38. The van der Waals surface area contributed by atoms with E-state index in [-0.39, 0.29) is 23.3 Å². The van der Waals surface area contributed by atoms with Gasteiger partial charge in [-0.3, -0.25) is 0 Å². The lowest BCUT2D eigenvalue weighted by atomic mass is 9.76. The lowest BCUT2D eigenvalue weighted by Gasteiger charge is -2.36. The van der Waals surface area contributed by atoms with E-state index < -0.39 is 11.7 Å². The molecular formula is C28H28F5NO. The van der Waals surface area contributed by atoms with Gasteiger partial charge in [0.05, 0.1) is 12.2 Å². The fraction of sp³-hybridized carbons (Fsp3) is 0.357. The standard InChI is InChI=1S/C28H28F5NO/c29-24-9-5-20(6-10-24)27(21-7-11-25(30)12-8-21)22-13-16-34(17-14-22)15-2-18-35-26-4-1-3-23(19-26)28(31,32)33/h1,3-12,19,22,27H,2,13-18H2. The molecule has 0 amide bonds. The van der Waals surface area contributed by atoms with Crippen LogP contribution in [0.5, 0.6) is 5.75 Å². The van der Waals surface area contributed by atoms with Crippen molar-refractivity contribution >= 4 is 0 Å². The fourth-order valence-electron chi connectivity index (χ4n) is 4.83. The number of rotatable bonds is 8. The Morgan fingerprint density at radius 3 is 1.94 bits per heavy atom. The summed E-state index contributed by atoms with van der Waals surface area (Å²) < 4.78 is 71.1. The Kier molecular flexibility index (Phi) is 8.06. The lowest BCUT2D eigenvalue weighted by Crippen LogP contribution is -2.36. The summed E-state index contributed by atoms with van der Waals surface area (Å²) in [7, 11) is 0. The highest BCUT2D eigenvalue weighted by atomic mass is 19.4. The van der Waals surface area contributed by atoms with E-state index in [0.717, 1.165) is 55.7 Å². The Balaban J connectivity index is 1.30. The van der Waals surface area contributed by atoms with Gasteiger partial charge in [-0.05, 0) is 91.9 Å². The summed E-state index contributed by atoms with van der Waals surface area (Å²) in [6.07, 6.45) is -1.80. The maximum Gasteiger partial charge on any atom is 0.416 e. The predicted octanol–water partition coefficient (Wildman–Crippen LogP) is 7.30. The van der Waals surface area contributed by atoms with E-state index >= 15 is 0 Å². The quantitative estimate of drug-likeness (QED) is 0.243. The van der Waals surface area contributed by atoms with Crippen LogP contribution < -0.4 is 4.74 Å². The molecule has 0 atom stereocenters. The number of hydrogen-bond donors (Lipinski definition) is 0. The van der Waals surface area contributed by atoms with Crippen molar-refractivity contribution in [2.45, 2.75) is 31.4 Å². The van der Waals surface area contributed by atoms with Gasteiger partial charge in [0.15, 0.2) is 0 Å². The van der Waals surface area contributed by atoms with E-state index in [2.05, 4.69) is 4.90 Å². The average molecular weight is 490 g/mol. The van der Waals surface area contributed by atoms with Crippen molar-refractivity contribution in [2.75, 3.05) is 26.2 Å². The van der Waals surface area contributed by atoms with Gasteiger partial charge in [0.2, 0.25) is 0 Å². The number of halogens is 5. The molecule has 4 rings (SSSR count). The number of nitrogens with zero attached hydrogens (tertiary/aromatic N) is 1. The van der Waals surface area contributed by atoms with Crippen LogP contribution in [0.15, 0.2) is 72.8 Å². The second-order valence-corrected chi connectivity index (χ2v) is 8.99. The van der Waals surface area contributed by atoms with Crippen LogP contribution in [0, 0.1) is 17.6 Å². The molecule has 0 radical (unpaired) electrons. The smallest absolute Gasteiger partial charge is 0.416 e. The first kappa shape index (κ1) is 25.2. The molecule has 0 N–H and O–H groups in total. The van der Waals surface area contributed by atoms with Crippen LogP contribution >= 0.6 is 0 Å². The van der Waals surface area contributed by atoms with Gasteiger partial charge in [0.25, 0.3) is 0 Å². The van der Waals surface area contributed by atoms with Crippen molar-refractivity contribution in [3.63, 3.8) is 0 Å². The summed E-state index contributed by atoms with van der Waals surface area (Å²) in [4.78, 5) is 2.33. The molecule has 0 saturated carbocycles. The second kappa shape index (κ2) is 11.2. The van der Waals surface area contributed by atoms with E-state index in [1.165, 1.54) is 36.4 Å². The van der Waals surface area contributed by atoms with Crippen molar-refractivity contribution in [3.8, 4) is 5.75 Å². The van der Waals surface area contributed by atoms with Crippen LogP contribution in [0.1, 0.15) is 41.9 Å². The molecule has 1 aliphatic rings. The maximum atomic E-state index is 13.5. The normalized spacial score (nSPS) is 15.5. The van der Waals surface area contributed by atoms with Crippen LogP contribution in [0.25, 0.3) is 0 Å². The van der Waals surface area contributed by atoms with Gasteiger partial charge < -0.3 is 9.64 Å². The number of piperidine rings is 1. The van der Waals surface area contributed by atoms with E-state index in [1.54, 1.807) is 24.3 Å². The van der Waals surface area contributed by atoms with Crippen molar-refractivity contribution in [3.05, 3.63) is 101 Å². The summed E-state index contributed by atoms with van der Waals surface area (Å²) >= 11 is 0. The van der Waals surface area contributed by atoms with Crippen molar-refractivity contribution in [2.24, 2.45) is 5.92 Å². The zero-order valence-corrected chi connectivity index (χ0v) is 19.3. The Morgan fingerprint density at radius 1 is 0.829 bits per heavy atom. The van der Waals surface area contributed by atoms with Crippen molar-refractivity contribution in [1.82, 2.24) is 4.90 Å². The van der Waals surface area contributed by atoms with Gasteiger partial charge in [-0.2, -0.15) is 13.2 Å². The number of likely N-dealkylation sites (tertiary alicyclic amines) is 1. The van der Waals surface area contributed by atoms with Crippen molar-refractivity contribution < 1.29 is 26.7 Å². The summed E-state index contributed by atoms with van der Waals surface area (Å²) in [6, 6.07) is 18.0. The number of ether oxygens (including phenoxy) is 1. The van der Waals surface area contributed by atoms with Crippen molar-refractivity contribution in [1.29, 1.82) is 0 Å². The summed E-state index contributed by atoms with van der Waals surface area (Å²) in [5.74, 6) is 0.0497. The van der Waals surface area contributed by atoms with Gasteiger partial charge in [-0.15, -0.1) is 0 Å². The zero-order valence-electron chi connectivity index (χ0n) is 19.3. The van der Waals surface area contributed by atoms with Crippen LogP contribution in [-0.2, 0) is 6.18 Å². The summed E-state index contributed by atoms with van der Waals surface area (Å²) in [5.41, 5.74) is 1.32. The molecule has 0 aromatic heterocycles. The maximum absolute atomic E-state index is 13.5. The molecule has 35 heavy (non-hydrogen) atoms. The molecular weight excluding hydrogens is 461 g/mol. The van der Waals surface area contributed by atoms with E-state index in [9.17, 15) is 22.0 Å². The Hall–Kier alpha value is -2.93.